The maximum absolute atomic E-state index is 12.8. The average Bonchev–Trinajstić information content (AvgIpc) is 2.53. The van der Waals surface area contributed by atoms with Crippen molar-refractivity contribution in [2.45, 2.75) is 63.1 Å². The van der Waals surface area contributed by atoms with Gasteiger partial charge in [0, 0.05) is 30.2 Å². The van der Waals surface area contributed by atoms with Crippen molar-refractivity contribution < 1.29 is 13.2 Å². The van der Waals surface area contributed by atoms with E-state index in [0.717, 1.165) is 19.3 Å². The fourth-order valence-corrected chi connectivity index (χ4v) is 4.33. The van der Waals surface area contributed by atoms with Crippen molar-refractivity contribution in [1.29, 1.82) is 0 Å². The summed E-state index contributed by atoms with van der Waals surface area (Å²) in [6.07, 6.45) is 2.96. The standard InChI is InChI=1S/C17H27N3O3S.ClH/c1-12(2)19-24(22,23)15-9-7-14(8-10-15)17(21)20-11-5-4-6-16(20)13(3)18;/h7-10,12-13,16,19H,4-6,11,18H2,1-3H3;1H. The van der Waals surface area contributed by atoms with Crippen LogP contribution >= 0.6 is 12.4 Å². The second kappa shape index (κ2) is 8.98. The van der Waals surface area contributed by atoms with Gasteiger partial charge >= 0.3 is 0 Å². The van der Waals surface area contributed by atoms with Crippen LogP contribution in [0.15, 0.2) is 29.2 Å². The molecule has 142 valence electrons. The van der Waals surface area contributed by atoms with Crippen LogP contribution in [0.1, 0.15) is 50.4 Å². The molecular formula is C17H28ClN3O3S. The van der Waals surface area contributed by atoms with Crippen LogP contribution in [0.4, 0.5) is 0 Å². The molecule has 1 saturated heterocycles. The number of nitrogens with two attached hydrogens (primary N) is 1. The van der Waals surface area contributed by atoms with Crippen LogP contribution in [-0.4, -0.2) is 43.9 Å². The third kappa shape index (κ3) is 5.41. The monoisotopic (exact) mass is 389 g/mol. The number of likely N-dealkylation sites (tertiary alicyclic amines) is 1. The molecule has 0 aromatic heterocycles. The zero-order chi connectivity index (χ0) is 17.9. The molecule has 8 heteroatoms. The van der Waals surface area contributed by atoms with Gasteiger partial charge in [-0.05, 0) is 64.3 Å². The molecule has 1 amide bonds. The van der Waals surface area contributed by atoms with Crippen LogP contribution in [0, 0.1) is 0 Å². The molecule has 1 aromatic rings. The number of amides is 1. The summed E-state index contributed by atoms with van der Waals surface area (Å²) in [4.78, 5) is 14.7. The minimum atomic E-state index is -3.55. The molecule has 1 aliphatic rings. The molecule has 0 spiro atoms. The van der Waals surface area contributed by atoms with Gasteiger partial charge in [-0.1, -0.05) is 0 Å². The summed E-state index contributed by atoms with van der Waals surface area (Å²) in [6.45, 7) is 6.14. The quantitative estimate of drug-likeness (QED) is 0.806. The van der Waals surface area contributed by atoms with Gasteiger partial charge in [0.2, 0.25) is 10.0 Å². The molecular weight excluding hydrogens is 362 g/mol. The molecule has 3 N–H and O–H groups in total. The summed E-state index contributed by atoms with van der Waals surface area (Å²) < 4.78 is 26.8. The van der Waals surface area contributed by atoms with E-state index in [9.17, 15) is 13.2 Å². The van der Waals surface area contributed by atoms with Crippen molar-refractivity contribution in [2.75, 3.05) is 6.54 Å². The Kier molecular flexibility index (Phi) is 7.87. The Morgan fingerprint density at radius 2 is 1.80 bits per heavy atom. The molecule has 0 aliphatic carbocycles. The first kappa shape index (κ1) is 21.9. The van der Waals surface area contributed by atoms with Gasteiger partial charge in [-0.3, -0.25) is 4.79 Å². The molecule has 2 unspecified atom stereocenters. The Labute approximate surface area is 156 Å². The van der Waals surface area contributed by atoms with Crippen LogP contribution in [-0.2, 0) is 10.0 Å². The predicted molar refractivity (Wildman–Crippen MR) is 101 cm³/mol. The number of nitrogens with zero attached hydrogens (tertiary/aromatic N) is 1. The second-order valence-electron chi connectivity index (χ2n) is 6.72. The maximum Gasteiger partial charge on any atom is 0.254 e. The lowest BCUT2D eigenvalue weighted by molar-refractivity contribution is 0.0583. The summed E-state index contributed by atoms with van der Waals surface area (Å²) in [5.41, 5.74) is 6.51. The molecule has 1 heterocycles. The second-order valence-corrected chi connectivity index (χ2v) is 8.44. The third-order valence-corrected chi connectivity index (χ3v) is 5.89. The zero-order valence-corrected chi connectivity index (χ0v) is 16.6. The number of rotatable bonds is 5. The van der Waals surface area contributed by atoms with Gasteiger partial charge in [-0.15, -0.1) is 12.4 Å². The SMILES string of the molecule is CC(C)NS(=O)(=O)c1ccc(C(=O)N2CCCCC2C(C)N)cc1.Cl. The molecule has 1 fully saturated rings. The Balaban J connectivity index is 0.00000312. The lowest BCUT2D eigenvalue weighted by Crippen LogP contribution is -2.51. The van der Waals surface area contributed by atoms with Crippen LogP contribution in [0.25, 0.3) is 0 Å². The Hall–Kier alpha value is -1.15. The van der Waals surface area contributed by atoms with E-state index in [-0.39, 0.29) is 41.3 Å². The number of carbonyl (C=O) groups is 1. The largest absolute Gasteiger partial charge is 0.334 e. The molecule has 1 aliphatic heterocycles. The van der Waals surface area contributed by atoms with Gasteiger partial charge in [0.05, 0.1) is 4.90 Å². The van der Waals surface area contributed by atoms with Gasteiger partial charge in [0.1, 0.15) is 0 Å². The van der Waals surface area contributed by atoms with Crippen LogP contribution in [0.2, 0.25) is 0 Å². The van der Waals surface area contributed by atoms with Gasteiger partial charge in [0.25, 0.3) is 5.91 Å². The topological polar surface area (TPSA) is 92.5 Å². The average molecular weight is 390 g/mol. The first-order valence-electron chi connectivity index (χ1n) is 8.41. The first-order chi connectivity index (χ1) is 11.2. The Morgan fingerprint density at radius 1 is 1.20 bits per heavy atom. The van der Waals surface area contributed by atoms with Crippen molar-refractivity contribution in [1.82, 2.24) is 9.62 Å². The molecule has 25 heavy (non-hydrogen) atoms. The van der Waals surface area contributed by atoms with Crippen LogP contribution < -0.4 is 10.5 Å². The Bertz CT molecular complexity index is 675. The molecule has 0 saturated carbocycles. The van der Waals surface area contributed by atoms with Crippen LogP contribution in [0.3, 0.4) is 0 Å². The highest BCUT2D eigenvalue weighted by Gasteiger charge is 2.30. The van der Waals surface area contributed by atoms with Crippen molar-refractivity contribution >= 4 is 28.3 Å². The molecule has 6 nitrogen and oxygen atoms in total. The predicted octanol–water partition coefficient (Wildman–Crippen LogP) is 2.14. The third-order valence-electron chi connectivity index (χ3n) is 4.22. The van der Waals surface area contributed by atoms with Gasteiger partial charge in [-0.25, -0.2) is 13.1 Å². The summed E-state index contributed by atoms with van der Waals surface area (Å²) >= 11 is 0. The number of nitrogens with one attached hydrogen (secondary N) is 1. The van der Waals surface area contributed by atoms with E-state index in [2.05, 4.69) is 4.72 Å². The van der Waals surface area contributed by atoms with E-state index in [1.54, 1.807) is 26.0 Å². The number of benzene rings is 1. The normalized spacial score (nSPS) is 19.4. The van der Waals surface area contributed by atoms with Crippen molar-refractivity contribution in [3.8, 4) is 0 Å². The highest BCUT2D eigenvalue weighted by atomic mass is 35.5. The fourth-order valence-electron chi connectivity index (χ4n) is 3.08. The molecule has 1 aromatic carbocycles. The number of carbonyl (C=O) groups excluding carboxylic acids is 1. The van der Waals surface area contributed by atoms with E-state index < -0.39 is 10.0 Å². The number of piperidine rings is 1. The summed E-state index contributed by atoms with van der Waals surface area (Å²) in [6, 6.07) is 5.87. The van der Waals surface area contributed by atoms with Gasteiger partial charge < -0.3 is 10.6 Å². The number of hydrogen-bond acceptors (Lipinski definition) is 4. The summed E-state index contributed by atoms with van der Waals surface area (Å²) in [5.74, 6) is -0.0854. The fraction of sp³-hybridized carbons (Fsp3) is 0.588. The van der Waals surface area contributed by atoms with Crippen LogP contribution in [0.5, 0.6) is 0 Å². The van der Waals surface area contributed by atoms with E-state index in [1.165, 1.54) is 12.1 Å². The maximum atomic E-state index is 12.8. The first-order valence-corrected chi connectivity index (χ1v) is 9.89. The highest BCUT2D eigenvalue weighted by Crippen LogP contribution is 2.22. The van der Waals surface area contributed by atoms with Crippen molar-refractivity contribution in [3.05, 3.63) is 29.8 Å². The van der Waals surface area contributed by atoms with E-state index in [1.807, 2.05) is 11.8 Å². The number of halogens is 1. The van der Waals surface area contributed by atoms with E-state index in [0.29, 0.717) is 12.1 Å². The molecule has 0 radical (unpaired) electrons. The summed E-state index contributed by atoms with van der Waals surface area (Å²) in [7, 11) is -3.55. The molecule has 0 bridgehead atoms. The lowest BCUT2D eigenvalue weighted by atomic mass is 9.96. The highest BCUT2D eigenvalue weighted by molar-refractivity contribution is 7.89. The minimum absolute atomic E-state index is 0. The summed E-state index contributed by atoms with van der Waals surface area (Å²) in [5, 5.41) is 0. The number of sulfonamides is 1. The van der Waals surface area contributed by atoms with Gasteiger partial charge in [0.15, 0.2) is 0 Å². The smallest absolute Gasteiger partial charge is 0.254 e. The molecule has 2 rings (SSSR count). The van der Waals surface area contributed by atoms with E-state index in [4.69, 9.17) is 5.73 Å². The number of hydrogen-bond donors (Lipinski definition) is 2. The zero-order valence-electron chi connectivity index (χ0n) is 14.9. The van der Waals surface area contributed by atoms with Crippen molar-refractivity contribution in [3.63, 3.8) is 0 Å². The minimum Gasteiger partial charge on any atom is -0.334 e. The Morgan fingerprint density at radius 3 is 2.32 bits per heavy atom. The van der Waals surface area contributed by atoms with E-state index >= 15 is 0 Å². The van der Waals surface area contributed by atoms with Crippen molar-refractivity contribution in [2.24, 2.45) is 5.73 Å². The molecule has 2 atom stereocenters. The lowest BCUT2D eigenvalue weighted by Gasteiger charge is -2.38. The van der Waals surface area contributed by atoms with Gasteiger partial charge in [-0.2, -0.15) is 0 Å².